The maximum Gasteiger partial charge on any atom is 0.422 e. The number of carbonyl (C=O) groups is 4. The van der Waals surface area contributed by atoms with Crippen molar-refractivity contribution in [1.29, 1.82) is 0 Å². The van der Waals surface area contributed by atoms with Gasteiger partial charge in [-0.2, -0.15) is 28.1 Å². The van der Waals surface area contributed by atoms with E-state index in [0.29, 0.717) is 29.2 Å². The number of amides is 3. The molecule has 3 amide bonds. The van der Waals surface area contributed by atoms with Crippen LogP contribution < -0.4 is 26.0 Å². The van der Waals surface area contributed by atoms with E-state index in [2.05, 4.69) is 41.2 Å². The second kappa shape index (κ2) is 15.2. The molecule has 4 aromatic rings. The van der Waals surface area contributed by atoms with Gasteiger partial charge >= 0.3 is 30.0 Å². The number of halogens is 4. The average molecular weight is 725 g/mol. The number of hydrogen-bond donors (Lipinski definition) is 5. The lowest BCUT2D eigenvalue weighted by molar-refractivity contribution is -0.154. The van der Waals surface area contributed by atoms with Crippen molar-refractivity contribution in [2.24, 2.45) is 4.99 Å². The molecule has 18 heteroatoms. The molecule has 1 fully saturated rings. The Morgan fingerprint density at radius 3 is 2.12 bits per heavy atom. The number of benzene rings is 3. The van der Waals surface area contributed by atoms with Crippen LogP contribution in [0, 0.1) is 6.92 Å². The average Bonchev–Trinajstić information content (AvgIpc) is 3.86. The number of anilines is 4. The summed E-state index contributed by atoms with van der Waals surface area (Å²) in [5, 5.41) is 20.5. The lowest BCUT2D eigenvalue weighted by Gasteiger charge is -2.19. The van der Waals surface area contributed by atoms with Gasteiger partial charge in [0.2, 0.25) is 11.9 Å². The Kier molecular flexibility index (Phi) is 10.8. The highest BCUT2D eigenvalue weighted by atomic mass is 35.5. The molecule has 5 N–H and O–H groups in total. The lowest BCUT2D eigenvalue weighted by Crippen LogP contribution is -2.40. The van der Waals surface area contributed by atoms with Crippen molar-refractivity contribution in [3.63, 3.8) is 0 Å². The minimum absolute atomic E-state index is 0.0476. The van der Waals surface area contributed by atoms with E-state index in [0.717, 1.165) is 11.1 Å². The summed E-state index contributed by atoms with van der Waals surface area (Å²) in [6.07, 6.45) is -3.26. The van der Waals surface area contributed by atoms with Crippen LogP contribution in [-0.2, 0) is 19.9 Å². The highest BCUT2D eigenvalue weighted by Gasteiger charge is 2.45. The predicted molar refractivity (Wildman–Crippen MR) is 179 cm³/mol. The molecule has 0 unspecified atom stereocenters. The molecule has 264 valence electrons. The minimum Gasteiger partial charge on any atom is -0.477 e. The number of aliphatic imine (C=N–C) groups is 1. The number of carbonyl (C=O) groups excluding carboxylic acids is 3. The number of carboxylic acid groups (broad SMARTS) is 1. The van der Waals surface area contributed by atoms with Gasteiger partial charge in [0, 0.05) is 22.0 Å². The fraction of sp³-hybridized carbons (Fsp3) is 0.212. The first-order valence-corrected chi connectivity index (χ1v) is 15.4. The van der Waals surface area contributed by atoms with Crippen molar-refractivity contribution in [2.75, 3.05) is 29.1 Å². The van der Waals surface area contributed by atoms with Gasteiger partial charge in [-0.3, -0.25) is 14.4 Å². The van der Waals surface area contributed by atoms with Gasteiger partial charge in [0.15, 0.2) is 6.61 Å². The first-order chi connectivity index (χ1) is 24.2. The summed E-state index contributed by atoms with van der Waals surface area (Å²) in [7, 11) is 0. The zero-order valence-corrected chi connectivity index (χ0v) is 27.3. The van der Waals surface area contributed by atoms with E-state index in [1.54, 1.807) is 36.4 Å². The third-order valence-corrected chi connectivity index (χ3v) is 7.53. The minimum atomic E-state index is -4.65. The third kappa shape index (κ3) is 10.2. The van der Waals surface area contributed by atoms with Crippen molar-refractivity contribution in [2.45, 2.75) is 31.5 Å². The summed E-state index contributed by atoms with van der Waals surface area (Å²) in [5.41, 5.74) is 1.10. The summed E-state index contributed by atoms with van der Waals surface area (Å²) in [6, 6.07) is 18.4. The van der Waals surface area contributed by atoms with E-state index >= 15 is 0 Å². The van der Waals surface area contributed by atoms with Crippen LogP contribution in [0.2, 0.25) is 5.02 Å². The predicted octanol–water partition coefficient (Wildman–Crippen LogP) is 5.04. The molecule has 0 atom stereocenters. The van der Waals surface area contributed by atoms with Gasteiger partial charge in [0.1, 0.15) is 5.71 Å². The Morgan fingerprint density at radius 2 is 1.51 bits per heavy atom. The Balaban J connectivity index is 1.25. The molecular weight excluding hydrogens is 697 g/mol. The molecule has 5 rings (SSSR count). The normalized spacial score (nSPS) is 13.5. The van der Waals surface area contributed by atoms with Gasteiger partial charge in [-0.05, 0) is 73.9 Å². The molecule has 1 heterocycles. The second-order valence-electron chi connectivity index (χ2n) is 11.3. The molecule has 14 nitrogen and oxygen atoms in total. The number of carboxylic acids is 1. The fourth-order valence-corrected chi connectivity index (χ4v) is 4.64. The largest absolute Gasteiger partial charge is 0.477 e. The monoisotopic (exact) mass is 724 g/mol. The SMILES string of the molecule is Cc1ccc(NC(=O)C(=O)NC/C(=N/C(=O)c2ccc(Nc3nc(NC4(c5ccc(Cl)cc5)CC4)nc(OCC(F)(F)F)n3)cc2)C(=O)O)cc1. The van der Waals surface area contributed by atoms with Gasteiger partial charge in [0.05, 0.1) is 12.1 Å². The molecule has 1 aliphatic rings. The highest BCUT2D eigenvalue weighted by Crippen LogP contribution is 2.48. The summed E-state index contributed by atoms with van der Waals surface area (Å²) < 4.78 is 43.5. The van der Waals surface area contributed by atoms with E-state index in [1.165, 1.54) is 24.3 Å². The topological polar surface area (TPSA) is 197 Å². The number of alkyl halides is 3. The Hall–Kier alpha value is -6.10. The molecule has 1 aromatic heterocycles. The standard InChI is InChI=1S/C33H28ClF3N8O6/c1-18-2-10-22(11-3-18)39-27(48)26(47)38-16-24(28(49)50)41-25(46)19-4-12-23(13-5-19)40-29-42-30(44-31(43-29)51-17-33(35,36)37)45-32(14-15-32)20-6-8-21(34)9-7-20/h2-13H,14-17H2,1H3,(H,38,47)(H,39,48)(H,49,50)(H2,40,42,43,44,45)/b41-24-. The smallest absolute Gasteiger partial charge is 0.422 e. The van der Waals surface area contributed by atoms with E-state index in [1.807, 2.05) is 19.1 Å². The number of nitrogens with one attached hydrogen (secondary N) is 4. The number of rotatable bonds is 12. The van der Waals surface area contributed by atoms with Crippen LogP contribution in [0.15, 0.2) is 77.8 Å². The van der Waals surface area contributed by atoms with E-state index in [4.69, 9.17) is 16.3 Å². The lowest BCUT2D eigenvalue weighted by atomic mass is 10.1. The van der Waals surface area contributed by atoms with Crippen molar-refractivity contribution in [1.82, 2.24) is 20.3 Å². The number of nitrogens with zero attached hydrogens (tertiary/aromatic N) is 4. The van der Waals surface area contributed by atoms with Crippen LogP contribution in [0.5, 0.6) is 6.01 Å². The Morgan fingerprint density at radius 1 is 0.882 bits per heavy atom. The van der Waals surface area contributed by atoms with Gasteiger partial charge < -0.3 is 31.1 Å². The second-order valence-corrected chi connectivity index (χ2v) is 11.7. The summed E-state index contributed by atoms with van der Waals surface area (Å²) in [6.45, 7) is -0.526. The van der Waals surface area contributed by atoms with Crippen molar-refractivity contribution >= 4 is 64.3 Å². The van der Waals surface area contributed by atoms with Crippen molar-refractivity contribution < 1.29 is 42.2 Å². The molecule has 0 saturated heterocycles. The quantitative estimate of drug-likeness (QED) is 0.0970. The van der Waals surface area contributed by atoms with Gasteiger partial charge in [-0.25, -0.2) is 9.79 Å². The zero-order chi connectivity index (χ0) is 36.8. The van der Waals surface area contributed by atoms with Crippen LogP contribution in [0.4, 0.5) is 36.4 Å². The Labute approximate surface area is 292 Å². The van der Waals surface area contributed by atoms with Crippen LogP contribution in [0.1, 0.15) is 34.3 Å². The molecule has 0 bridgehead atoms. The van der Waals surface area contributed by atoms with Gasteiger partial charge in [-0.15, -0.1) is 0 Å². The van der Waals surface area contributed by atoms with Crippen molar-refractivity contribution in [3.8, 4) is 6.01 Å². The van der Waals surface area contributed by atoms with Crippen LogP contribution in [0.3, 0.4) is 0 Å². The summed E-state index contributed by atoms with van der Waals surface area (Å²) >= 11 is 6.01. The van der Waals surface area contributed by atoms with Crippen LogP contribution in [0.25, 0.3) is 0 Å². The first-order valence-electron chi connectivity index (χ1n) is 15.1. The van der Waals surface area contributed by atoms with E-state index in [-0.39, 0.29) is 17.5 Å². The van der Waals surface area contributed by atoms with E-state index < -0.39 is 60.3 Å². The maximum absolute atomic E-state index is 12.9. The number of ether oxygens (including phenoxy) is 1. The van der Waals surface area contributed by atoms with Crippen LogP contribution in [-0.4, -0.2) is 68.8 Å². The molecule has 0 aliphatic heterocycles. The van der Waals surface area contributed by atoms with Gasteiger partial charge in [-0.1, -0.05) is 41.4 Å². The maximum atomic E-state index is 12.9. The fourth-order valence-electron chi connectivity index (χ4n) is 4.52. The highest BCUT2D eigenvalue weighted by molar-refractivity contribution is 6.42. The molecule has 3 aromatic carbocycles. The zero-order valence-electron chi connectivity index (χ0n) is 26.5. The summed E-state index contributed by atoms with van der Waals surface area (Å²) in [5.74, 6) is -5.00. The molecule has 1 aliphatic carbocycles. The molecule has 0 spiro atoms. The first kappa shape index (κ1) is 36.2. The number of hydrogen-bond acceptors (Lipinski definition) is 10. The van der Waals surface area contributed by atoms with Gasteiger partial charge in [0.25, 0.3) is 5.91 Å². The molecular formula is C33H28ClF3N8O6. The number of aryl methyl sites for hydroxylation is 1. The summed E-state index contributed by atoms with van der Waals surface area (Å²) in [4.78, 5) is 64.7. The molecule has 0 radical (unpaired) electrons. The molecule has 1 saturated carbocycles. The van der Waals surface area contributed by atoms with Crippen molar-refractivity contribution in [3.05, 3.63) is 94.5 Å². The number of aromatic nitrogens is 3. The Bertz CT molecular complexity index is 1970. The third-order valence-electron chi connectivity index (χ3n) is 7.28. The van der Waals surface area contributed by atoms with Crippen LogP contribution >= 0.6 is 11.6 Å². The molecule has 51 heavy (non-hydrogen) atoms. The van der Waals surface area contributed by atoms with E-state index in [9.17, 15) is 37.5 Å². The number of aliphatic carboxylic acids is 1.